The molecule has 0 unspecified atom stereocenters. The molecule has 0 atom stereocenters. The van der Waals surface area contributed by atoms with Gasteiger partial charge in [-0.15, -0.1) is 12.4 Å². The number of anilines is 1. The molecule has 1 aromatic carbocycles. The van der Waals surface area contributed by atoms with E-state index in [0.29, 0.717) is 12.1 Å². The van der Waals surface area contributed by atoms with Crippen molar-refractivity contribution in [3.8, 4) is 0 Å². The van der Waals surface area contributed by atoms with Gasteiger partial charge in [-0.05, 0) is 51.8 Å². The lowest BCUT2D eigenvalue weighted by molar-refractivity contribution is 0.0953. The van der Waals surface area contributed by atoms with Gasteiger partial charge in [0.05, 0.1) is 17.3 Å². The Kier molecular flexibility index (Phi) is 6.21. The number of carbonyl (C=O) groups is 1. The minimum absolute atomic E-state index is 0. The number of nitrogens with one attached hydrogen (secondary N) is 1. The molecule has 23 heavy (non-hydrogen) atoms. The zero-order valence-corrected chi connectivity index (χ0v) is 14.9. The third kappa shape index (κ3) is 4.73. The van der Waals surface area contributed by atoms with Gasteiger partial charge >= 0.3 is 0 Å². The Morgan fingerprint density at radius 2 is 1.87 bits per heavy atom. The van der Waals surface area contributed by atoms with E-state index in [4.69, 9.17) is 5.73 Å². The number of nitrogens with two attached hydrogens (primary N) is 1. The lowest BCUT2D eigenvalue weighted by atomic mass is 10.1. The molecule has 0 aliphatic carbocycles. The summed E-state index contributed by atoms with van der Waals surface area (Å²) in [6.07, 6.45) is 2.41. The van der Waals surface area contributed by atoms with Crippen molar-refractivity contribution in [2.75, 3.05) is 12.3 Å². The average molecular weight is 337 g/mol. The van der Waals surface area contributed by atoms with Gasteiger partial charge in [0, 0.05) is 17.9 Å². The number of nitrogen functional groups attached to an aromatic ring is 1. The maximum absolute atomic E-state index is 12.3. The number of aromatic nitrogens is 2. The highest BCUT2D eigenvalue weighted by molar-refractivity contribution is 5.95. The number of amides is 1. The Morgan fingerprint density at radius 3 is 2.39 bits per heavy atom. The predicted octanol–water partition coefficient (Wildman–Crippen LogP) is 2.92. The van der Waals surface area contributed by atoms with Crippen molar-refractivity contribution >= 4 is 24.0 Å². The van der Waals surface area contributed by atoms with Crippen molar-refractivity contribution in [1.82, 2.24) is 15.1 Å². The summed E-state index contributed by atoms with van der Waals surface area (Å²) in [5.74, 6) is -0.0801. The average Bonchev–Trinajstić information content (AvgIpc) is 2.83. The van der Waals surface area contributed by atoms with Crippen LogP contribution in [-0.2, 0) is 12.0 Å². The Hall–Kier alpha value is -2.01. The lowest BCUT2D eigenvalue weighted by Gasteiger charge is -2.21. The number of hydrogen-bond donors (Lipinski definition) is 2. The first-order chi connectivity index (χ1) is 10.3. The van der Waals surface area contributed by atoms with Gasteiger partial charge in [0.25, 0.3) is 5.91 Å². The molecule has 3 N–H and O–H groups in total. The maximum atomic E-state index is 12.3. The highest BCUT2D eigenvalue weighted by Crippen LogP contribution is 2.18. The molecule has 126 valence electrons. The van der Waals surface area contributed by atoms with Crippen molar-refractivity contribution in [2.45, 2.75) is 39.7 Å². The Morgan fingerprint density at radius 1 is 1.26 bits per heavy atom. The fourth-order valence-corrected chi connectivity index (χ4v) is 2.41. The fourth-order valence-electron chi connectivity index (χ4n) is 2.41. The molecule has 0 spiro atoms. The molecular formula is C17H25ClN4O. The van der Waals surface area contributed by atoms with E-state index < -0.39 is 0 Å². The number of rotatable bonds is 4. The van der Waals surface area contributed by atoms with Crippen molar-refractivity contribution in [1.29, 1.82) is 0 Å². The summed E-state index contributed by atoms with van der Waals surface area (Å²) in [5.41, 5.74) is 8.94. The van der Waals surface area contributed by atoms with Crippen LogP contribution in [0.1, 0.15) is 42.4 Å². The molecule has 2 aromatic rings. The molecule has 0 saturated carbocycles. The zero-order valence-electron chi connectivity index (χ0n) is 14.1. The van der Waals surface area contributed by atoms with Crippen LogP contribution in [0.5, 0.6) is 0 Å². The predicted molar refractivity (Wildman–Crippen MR) is 96.1 cm³/mol. The smallest absolute Gasteiger partial charge is 0.254 e. The first-order valence-corrected chi connectivity index (χ1v) is 7.47. The third-order valence-corrected chi connectivity index (χ3v) is 3.57. The zero-order chi connectivity index (χ0) is 16.3. The van der Waals surface area contributed by atoms with Crippen molar-refractivity contribution in [2.24, 2.45) is 0 Å². The van der Waals surface area contributed by atoms with Gasteiger partial charge in [0.1, 0.15) is 0 Å². The van der Waals surface area contributed by atoms with Crippen molar-refractivity contribution < 1.29 is 4.79 Å². The molecule has 5 nitrogen and oxygen atoms in total. The Labute approximate surface area is 143 Å². The third-order valence-electron chi connectivity index (χ3n) is 3.57. The molecular weight excluding hydrogens is 312 g/mol. The first-order valence-electron chi connectivity index (χ1n) is 7.47. The number of nitrogens with zero attached hydrogens (tertiary/aromatic N) is 2. The minimum atomic E-state index is -0.132. The number of benzene rings is 1. The van der Waals surface area contributed by atoms with Crippen LogP contribution in [0.4, 0.5) is 5.69 Å². The Bertz CT molecular complexity index is 656. The summed E-state index contributed by atoms with van der Waals surface area (Å²) in [7, 11) is 0. The van der Waals surface area contributed by atoms with E-state index in [1.807, 2.05) is 35.9 Å². The summed E-state index contributed by atoms with van der Waals surface area (Å²) in [5, 5.41) is 7.27. The molecule has 1 amide bonds. The number of hydrogen-bond acceptors (Lipinski definition) is 3. The largest absolute Gasteiger partial charge is 0.399 e. The molecule has 0 fully saturated rings. The van der Waals surface area contributed by atoms with Crippen molar-refractivity contribution in [3.63, 3.8) is 0 Å². The topological polar surface area (TPSA) is 72.9 Å². The second-order valence-corrected chi connectivity index (χ2v) is 6.47. The highest BCUT2D eigenvalue weighted by atomic mass is 35.5. The van der Waals surface area contributed by atoms with E-state index in [9.17, 15) is 4.79 Å². The van der Waals surface area contributed by atoms with E-state index in [1.54, 1.807) is 6.20 Å². The van der Waals surface area contributed by atoms with Crippen LogP contribution in [0.3, 0.4) is 0 Å². The van der Waals surface area contributed by atoms with Crippen LogP contribution in [0.15, 0.2) is 30.5 Å². The van der Waals surface area contributed by atoms with Crippen LogP contribution in [0, 0.1) is 6.92 Å². The molecule has 1 aromatic heterocycles. The molecule has 1 heterocycles. The van der Waals surface area contributed by atoms with Gasteiger partial charge in [-0.25, -0.2) is 0 Å². The molecule has 0 radical (unpaired) electrons. The highest BCUT2D eigenvalue weighted by Gasteiger charge is 2.21. The summed E-state index contributed by atoms with van der Waals surface area (Å²) in [4.78, 5) is 12.3. The van der Waals surface area contributed by atoms with Gasteiger partial charge in [-0.2, -0.15) is 5.10 Å². The number of halogens is 1. The fraction of sp³-hybridized carbons (Fsp3) is 0.412. The number of carbonyl (C=O) groups excluding carboxylic acids is 1. The first kappa shape index (κ1) is 19.0. The molecule has 0 bridgehead atoms. The monoisotopic (exact) mass is 336 g/mol. The quantitative estimate of drug-likeness (QED) is 0.843. The van der Waals surface area contributed by atoms with Crippen LogP contribution < -0.4 is 11.1 Å². The van der Waals surface area contributed by atoms with Gasteiger partial charge in [0.2, 0.25) is 0 Å². The van der Waals surface area contributed by atoms with Crippen LogP contribution >= 0.6 is 12.4 Å². The van der Waals surface area contributed by atoms with Gasteiger partial charge < -0.3 is 11.1 Å². The molecule has 0 saturated heterocycles. The van der Waals surface area contributed by atoms with Gasteiger partial charge in [-0.1, -0.05) is 12.1 Å². The second kappa shape index (κ2) is 7.51. The molecule has 0 aliphatic heterocycles. The molecule has 2 rings (SSSR count). The Balaban J connectivity index is 0.00000264. The SMILES string of the molecule is Cc1c(C(=O)NCCc2ccc(N)cc2)cnn1C(C)(C)C.Cl. The van der Waals surface area contributed by atoms with Crippen LogP contribution in [0.25, 0.3) is 0 Å². The van der Waals surface area contributed by atoms with E-state index >= 15 is 0 Å². The molecule has 0 aliphatic rings. The minimum Gasteiger partial charge on any atom is -0.399 e. The van der Waals surface area contributed by atoms with Crippen LogP contribution in [-0.4, -0.2) is 22.2 Å². The van der Waals surface area contributed by atoms with E-state index in [1.165, 1.54) is 0 Å². The standard InChI is InChI=1S/C17H24N4O.ClH/c1-12-15(11-20-21(12)17(2,3)4)16(22)19-10-9-13-5-7-14(18)8-6-13;/h5-8,11H,9-10,18H2,1-4H3,(H,19,22);1H. The normalized spacial score (nSPS) is 11.0. The maximum Gasteiger partial charge on any atom is 0.254 e. The van der Waals surface area contributed by atoms with E-state index in [-0.39, 0.29) is 23.9 Å². The van der Waals surface area contributed by atoms with Crippen molar-refractivity contribution in [3.05, 3.63) is 47.3 Å². The second-order valence-electron chi connectivity index (χ2n) is 6.47. The summed E-state index contributed by atoms with van der Waals surface area (Å²) < 4.78 is 1.88. The van der Waals surface area contributed by atoms with Crippen LogP contribution in [0.2, 0.25) is 0 Å². The lowest BCUT2D eigenvalue weighted by Crippen LogP contribution is -2.28. The van der Waals surface area contributed by atoms with Gasteiger partial charge in [-0.3, -0.25) is 9.48 Å². The van der Waals surface area contributed by atoms with E-state index in [0.717, 1.165) is 23.4 Å². The van der Waals surface area contributed by atoms with Gasteiger partial charge in [0.15, 0.2) is 0 Å². The van der Waals surface area contributed by atoms with E-state index in [2.05, 4.69) is 31.2 Å². The summed E-state index contributed by atoms with van der Waals surface area (Å²) in [6.45, 7) is 8.71. The molecule has 6 heteroatoms. The summed E-state index contributed by atoms with van der Waals surface area (Å²) >= 11 is 0. The summed E-state index contributed by atoms with van der Waals surface area (Å²) in [6, 6.07) is 7.69.